The summed E-state index contributed by atoms with van der Waals surface area (Å²) < 4.78 is 5.29. The Morgan fingerprint density at radius 2 is 2.11 bits per heavy atom. The van der Waals surface area contributed by atoms with Crippen LogP contribution in [0.2, 0.25) is 0 Å². The van der Waals surface area contributed by atoms with Crippen LogP contribution in [-0.2, 0) is 4.79 Å². The first-order valence-electron chi connectivity index (χ1n) is 6.68. The number of ether oxygens (including phenoxy) is 1. The van der Waals surface area contributed by atoms with Crippen molar-refractivity contribution < 1.29 is 9.53 Å². The van der Waals surface area contributed by atoms with E-state index in [-0.39, 0.29) is 11.3 Å². The third kappa shape index (κ3) is 1.61. The molecule has 1 amide bonds. The van der Waals surface area contributed by atoms with Crippen LogP contribution in [0.4, 0.5) is 0 Å². The number of rotatable bonds is 2. The van der Waals surface area contributed by atoms with E-state index in [1.54, 1.807) is 7.11 Å². The molecule has 1 aromatic rings. The minimum Gasteiger partial charge on any atom is -0.497 e. The SMILES string of the molecule is COc1cccc(C2CNC(=O)C23CCCC3)c1. The number of hydrogen-bond acceptors (Lipinski definition) is 2. The van der Waals surface area contributed by atoms with Gasteiger partial charge in [0, 0.05) is 12.5 Å². The normalized spacial score (nSPS) is 25.4. The summed E-state index contributed by atoms with van der Waals surface area (Å²) >= 11 is 0. The smallest absolute Gasteiger partial charge is 0.226 e. The molecule has 1 aliphatic carbocycles. The number of carbonyl (C=O) groups is 1. The number of amides is 1. The van der Waals surface area contributed by atoms with E-state index in [2.05, 4.69) is 17.4 Å². The molecule has 0 radical (unpaired) electrons. The van der Waals surface area contributed by atoms with Gasteiger partial charge in [-0.05, 0) is 30.5 Å². The lowest BCUT2D eigenvalue weighted by molar-refractivity contribution is -0.127. The van der Waals surface area contributed by atoms with Crippen molar-refractivity contribution in [2.75, 3.05) is 13.7 Å². The van der Waals surface area contributed by atoms with Crippen LogP contribution in [0.15, 0.2) is 24.3 Å². The molecule has 3 heteroatoms. The van der Waals surface area contributed by atoms with Crippen molar-refractivity contribution in [3.8, 4) is 5.75 Å². The number of hydrogen-bond donors (Lipinski definition) is 1. The van der Waals surface area contributed by atoms with Crippen LogP contribution in [0.3, 0.4) is 0 Å². The van der Waals surface area contributed by atoms with Crippen LogP contribution in [0.1, 0.15) is 37.2 Å². The van der Waals surface area contributed by atoms with Gasteiger partial charge in [-0.25, -0.2) is 0 Å². The van der Waals surface area contributed by atoms with Gasteiger partial charge in [0.2, 0.25) is 5.91 Å². The standard InChI is InChI=1S/C15H19NO2/c1-18-12-6-4-5-11(9-12)13-10-16-14(17)15(13)7-2-3-8-15/h4-6,9,13H,2-3,7-8,10H2,1H3,(H,16,17). The summed E-state index contributed by atoms with van der Waals surface area (Å²) in [6, 6.07) is 8.16. The first kappa shape index (κ1) is 11.6. The highest BCUT2D eigenvalue weighted by Crippen LogP contribution is 2.51. The number of benzene rings is 1. The molecular formula is C15H19NO2. The maximum atomic E-state index is 12.2. The van der Waals surface area contributed by atoms with Gasteiger partial charge in [0.15, 0.2) is 0 Å². The summed E-state index contributed by atoms with van der Waals surface area (Å²) in [6.45, 7) is 0.770. The summed E-state index contributed by atoms with van der Waals surface area (Å²) in [5.74, 6) is 1.44. The first-order chi connectivity index (χ1) is 8.76. The van der Waals surface area contributed by atoms with Crippen molar-refractivity contribution in [1.29, 1.82) is 0 Å². The molecule has 1 atom stereocenters. The molecule has 1 saturated carbocycles. The fourth-order valence-electron chi connectivity index (χ4n) is 3.60. The van der Waals surface area contributed by atoms with Crippen LogP contribution in [0, 0.1) is 5.41 Å². The van der Waals surface area contributed by atoms with E-state index >= 15 is 0 Å². The third-order valence-electron chi connectivity index (χ3n) is 4.58. The van der Waals surface area contributed by atoms with Gasteiger partial charge in [-0.2, -0.15) is 0 Å². The van der Waals surface area contributed by atoms with Gasteiger partial charge in [0.05, 0.1) is 12.5 Å². The Balaban J connectivity index is 1.97. The van der Waals surface area contributed by atoms with Gasteiger partial charge in [-0.15, -0.1) is 0 Å². The summed E-state index contributed by atoms with van der Waals surface area (Å²) in [6.07, 6.45) is 4.41. The van der Waals surface area contributed by atoms with E-state index in [0.717, 1.165) is 25.1 Å². The highest BCUT2D eigenvalue weighted by molar-refractivity contribution is 5.86. The Kier molecular flexibility index (Phi) is 2.77. The molecular weight excluding hydrogens is 226 g/mol. The van der Waals surface area contributed by atoms with E-state index in [1.165, 1.54) is 18.4 Å². The molecule has 1 N–H and O–H groups in total. The Labute approximate surface area is 108 Å². The van der Waals surface area contributed by atoms with Crippen LogP contribution in [-0.4, -0.2) is 19.6 Å². The summed E-state index contributed by atoms with van der Waals surface area (Å²) in [5.41, 5.74) is 1.08. The molecule has 2 fully saturated rings. The first-order valence-corrected chi connectivity index (χ1v) is 6.68. The van der Waals surface area contributed by atoms with Crippen molar-refractivity contribution in [1.82, 2.24) is 5.32 Å². The predicted molar refractivity (Wildman–Crippen MR) is 69.6 cm³/mol. The van der Waals surface area contributed by atoms with E-state index in [1.807, 2.05) is 12.1 Å². The second kappa shape index (κ2) is 4.30. The van der Waals surface area contributed by atoms with Crippen molar-refractivity contribution in [3.05, 3.63) is 29.8 Å². The van der Waals surface area contributed by atoms with E-state index < -0.39 is 0 Å². The Hall–Kier alpha value is -1.51. The third-order valence-corrected chi connectivity index (χ3v) is 4.58. The fourth-order valence-corrected chi connectivity index (χ4v) is 3.60. The second-order valence-corrected chi connectivity index (χ2v) is 5.40. The van der Waals surface area contributed by atoms with Crippen LogP contribution in [0.25, 0.3) is 0 Å². The second-order valence-electron chi connectivity index (χ2n) is 5.40. The maximum absolute atomic E-state index is 12.2. The number of methoxy groups -OCH3 is 1. The summed E-state index contributed by atoms with van der Waals surface area (Å²) in [5, 5.41) is 3.06. The number of nitrogens with one attached hydrogen (secondary N) is 1. The largest absolute Gasteiger partial charge is 0.497 e. The molecule has 1 saturated heterocycles. The van der Waals surface area contributed by atoms with E-state index in [4.69, 9.17) is 4.74 Å². The maximum Gasteiger partial charge on any atom is 0.226 e. The lowest BCUT2D eigenvalue weighted by Gasteiger charge is -2.28. The van der Waals surface area contributed by atoms with Gasteiger partial charge in [-0.1, -0.05) is 25.0 Å². The van der Waals surface area contributed by atoms with Gasteiger partial charge in [0.25, 0.3) is 0 Å². The summed E-state index contributed by atoms with van der Waals surface area (Å²) in [4.78, 5) is 12.2. The predicted octanol–water partition coefficient (Wildman–Crippen LogP) is 2.47. The zero-order chi connectivity index (χ0) is 12.6. The molecule has 18 heavy (non-hydrogen) atoms. The molecule has 3 rings (SSSR count). The van der Waals surface area contributed by atoms with E-state index in [9.17, 15) is 4.79 Å². The molecule has 1 unspecified atom stereocenters. The quantitative estimate of drug-likeness (QED) is 0.869. The van der Waals surface area contributed by atoms with Gasteiger partial charge < -0.3 is 10.1 Å². The Morgan fingerprint density at radius 3 is 2.83 bits per heavy atom. The molecule has 0 aromatic heterocycles. The topological polar surface area (TPSA) is 38.3 Å². The minimum absolute atomic E-state index is 0.146. The number of carbonyl (C=O) groups excluding carboxylic acids is 1. The summed E-state index contributed by atoms with van der Waals surface area (Å²) in [7, 11) is 1.68. The zero-order valence-corrected chi connectivity index (χ0v) is 10.7. The highest BCUT2D eigenvalue weighted by Gasteiger charge is 2.51. The molecule has 0 bridgehead atoms. The molecule has 96 valence electrons. The van der Waals surface area contributed by atoms with Gasteiger partial charge >= 0.3 is 0 Å². The van der Waals surface area contributed by atoms with Crippen LogP contribution in [0.5, 0.6) is 5.75 Å². The minimum atomic E-state index is -0.146. The lowest BCUT2D eigenvalue weighted by Crippen LogP contribution is -2.31. The van der Waals surface area contributed by atoms with Gasteiger partial charge in [-0.3, -0.25) is 4.79 Å². The van der Waals surface area contributed by atoms with Crippen molar-refractivity contribution in [2.45, 2.75) is 31.6 Å². The zero-order valence-electron chi connectivity index (χ0n) is 10.7. The van der Waals surface area contributed by atoms with Crippen molar-refractivity contribution in [3.63, 3.8) is 0 Å². The molecule has 2 aliphatic rings. The van der Waals surface area contributed by atoms with Crippen molar-refractivity contribution in [2.24, 2.45) is 5.41 Å². The Morgan fingerprint density at radius 1 is 1.33 bits per heavy atom. The van der Waals surface area contributed by atoms with Gasteiger partial charge in [0.1, 0.15) is 5.75 Å². The molecule has 1 spiro atoms. The monoisotopic (exact) mass is 245 g/mol. The van der Waals surface area contributed by atoms with Crippen LogP contribution >= 0.6 is 0 Å². The fraction of sp³-hybridized carbons (Fsp3) is 0.533. The lowest BCUT2D eigenvalue weighted by atomic mass is 9.73. The van der Waals surface area contributed by atoms with Crippen LogP contribution < -0.4 is 10.1 Å². The molecule has 1 heterocycles. The molecule has 1 aromatic carbocycles. The highest BCUT2D eigenvalue weighted by atomic mass is 16.5. The average molecular weight is 245 g/mol. The van der Waals surface area contributed by atoms with Crippen molar-refractivity contribution >= 4 is 5.91 Å². The molecule has 1 aliphatic heterocycles. The van der Waals surface area contributed by atoms with E-state index in [0.29, 0.717) is 5.92 Å². The average Bonchev–Trinajstić information content (AvgIpc) is 3.00. The Bertz CT molecular complexity index is 463. The molecule has 3 nitrogen and oxygen atoms in total.